The topological polar surface area (TPSA) is 57.6 Å². The highest BCUT2D eigenvalue weighted by Crippen LogP contribution is 2.29. The second-order valence-electron chi connectivity index (χ2n) is 7.49. The second-order valence-corrected chi connectivity index (χ2v) is 8.41. The van der Waals surface area contributed by atoms with E-state index in [0.29, 0.717) is 13.0 Å². The van der Waals surface area contributed by atoms with Crippen molar-refractivity contribution in [2.24, 2.45) is 0 Å². The van der Waals surface area contributed by atoms with E-state index in [1.807, 2.05) is 18.5 Å². The highest BCUT2D eigenvalue weighted by molar-refractivity contribution is 7.13. The summed E-state index contributed by atoms with van der Waals surface area (Å²) in [4.78, 5) is 25.6. The number of amides is 1. The van der Waals surface area contributed by atoms with Crippen LogP contribution in [0.1, 0.15) is 63.0 Å². The van der Waals surface area contributed by atoms with E-state index < -0.39 is 11.8 Å². The monoisotopic (exact) mass is 431 g/mol. The summed E-state index contributed by atoms with van der Waals surface area (Å²) in [6.07, 6.45) is 9.70. The zero-order chi connectivity index (χ0) is 21.9. The molecule has 0 spiro atoms. The molecule has 0 atom stereocenters. The maximum atomic E-state index is 14.2. The summed E-state index contributed by atoms with van der Waals surface area (Å²) in [6, 6.07) is 6.72. The minimum absolute atomic E-state index is 0.152. The lowest BCUT2D eigenvalue weighted by molar-refractivity contribution is -0.131. The normalized spacial score (nSPS) is 11.2. The van der Waals surface area contributed by atoms with Crippen LogP contribution in [0.2, 0.25) is 0 Å². The molecule has 4 nitrogen and oxygen atoms in total. The zero-order valence-electron chi connectivity index (χ0n) is 17.7. The van der Waals surface area contributed by atoms with Crippen molar-refractivity contribution < 1.29 is 19.1 Å². The standard InChI is InChI=1S/C24H30FNO3S/c1-3-4-5-6-7-8-9-23(27)26(2)16-18-14-22(30-17-18)20-11-10-19(21(25)15-20)12-13-24(28)29/h10-15,17H,3-9,16H2,1-2H3,(H,28,29). The Morgan fingerprint density at radius 1 is 1.13 bits per heavy atom. The Morgan fingerprint density at radius 3 is 2.57 bits per heavy atom. The Balaban J connectivity index is 1.89. The summed E-state index contributed by atoms with van der Waals surface area (Å²) in [7, 11) is 1.82. The smallest absolute Gasteiger partial charge is 0.328 e. The van der Waals surface area contributed by atoms with Crippen LogP contribution in [0.25, 0.3) is 16.5 Å². The Hall–Kier alpha value is -2.47. The lowest BCUT2D eigenvalue weighted by Gasteiger charge is -2.16. The molecule has 1 heterocycles. The Kier molecular flexibility index (Phi) is 9.74. The van der Waals surface area contributed by atoms with E-state index in [1.54, 1.807) is 17.0 Å². The van der Waals surface area contributed by atoms with Crippen LogP contribution in [0.5, 0.6) is 0 Å². The molecule has 2 rings (SSSR count). The number of rotatable bonds is 12. The lowest BCUT2D eigenvalue weighted by Crippen LogP contribution is -2.25. The molecule has 0 aliphatic rings. The number of unbranched alkanes of at least 4 members (excludes halogenated alkanes) is 5. The van der Waals surface area contributed by atoms with Crippen LogP contribution in [0.4, 0.5) is 4.39 Å². The molecule has 0 unspecified atom stereocenters. The minimum Gasteiger partial charge on any atom is -0.478 e. The van der Waals surface area contributed by atoms with Gasteiger partial charge in [0.25, 0.3) is 0 Å². The van der Waals surface area contributed by atoms with Gasteiger partial charge in [0.15, 0.2) is 0 Å². The second kappa shape index (κ2) is 12.3. The highest BCUT2D eigenvalue weighted by Gasteiger charge is 2.12. The van der Waals surface area contributed by atoms with Crippen LogP contribution >= 0.6 is 11.3 Å². The van der Waals surface area contributed by atoms with Gasteiger partial charge in [0.2, 0.25) is 5.91 Å². The molecule has 2 aromatic rings. The Morgan fingerprint density at radius 2 is 1.87 bits per heavy atom. The molecule has 0 bridgehead atoms. The predicted octanol–water partition coefficient (Wildman–Crippen LogP) is 6.36. The summed E-state index contributed by atoms with van der Waals surface area (Å²) >= 11 is 1.50. The van der Waals surface area contributed by atoms with E-state index >= 15 is 0 Å². The van der Waals surface area contributed by atoms with Crippen molar-refractivity contribution in [1.29, 1.82) is 0 Å². The first-order valence-electron chi connectivity index (χ1n) is 10.4. The van der Waals surface area contributed by atoms with Gasteiger partial charge in [-0.1, -0.05) is 51.2 Å². The van der Waals surface area contributed by atoms with Crippen LogP contribution in [0.3, 0.4) is 0 Å². The number of aliphatic carboxylic acids is 1. The van der Waals surface area contributed by atoms with Crippen LogP contribution in [0, 0.1) is 5.82 Å². The van der Waals surface area contributed by atoms with Crippen molar-refractivity contribution in [1.82, 2.24) is 4.90 Å². The molecular formula is C24H30FNO3S. The number of thiophene rings is 1. The number of carbonyl (C=O) groups excluding carboxylic acids is 1. The van der Waals surface area contributed by atoms with Gasteiger partial charge in [0.05, 0.1) is 0 Å². The van der Waals surface area contributed by atoms with Gasteiger partial charge in [-0.25, -0.2) is 9.18 Å². The van der Waals surface area contributed by atoms with Gasteiger partial charge in [-0.3, -0.25) is 4.79 Å². The fraction of sp³-hybridized carbons (Fsp3) is 0.417. The first-order chi connectivity index (χ1) is 14.4. The van der Waals surface area contributed by atoms with Crippen molar-refractivity contribution >= 4 is 29.3 Å². The van der Waals surface area contributed by atoms with Gasteiger partial charge < -0.3 is 10.0 Å². The average Bonchev–Trinajstić information content (AvgIpc) is 3.17. The molecule has 0 saturated heterocycles. The first kappa shape index (κ1) is 23.8. The highest BCUT2D eigenvalue weighted by atomic mass is 32.1. The van der Waals surface area contributed by atoms with Crippen molar-refractivity contribution in [2.75, 3.05) is 7.05 Å². The summed E-state index contributed by atoms with van der Waals surface area (Å²) in [5, 5.41) is 10.7. The minimum atomic E-state index is -1.11. The number of halogens is 1. The van der Waals surface area contributed by atoms with E-state index in [1.165, 1.54) is 49.2 Å². The van der Waals surface area contributed by atoms with Gasteiger partial charge in [-0.05, 0) is 41.1 Å². The first-order valence-corrected chi connectivity index (χ1v) is 11.3. The number of nitrogens with zero attached hydrogens (tertiary/aromatic N) is 1. The van der Waals surface area contributed by atoms with Crippen LogP contribution in [0.15, 0.2) is 35.7 Å². The van der Waals surface area contributed by atoms with E-state index in [-0.39, 0.29) is 11.5 Å². The molecular weight excluding hydrogens is 401 g/mol. The van der Waals surface area contributed by atoms with E-state index in [0.717, 1.165) is 34.9 Å². The molecule has 162 valence electrons. The molecule has 1 N–H and O–H groups in total. The fourth-order valence-corrected chi connectivity index (χ4v) is 4.10. The van der Waals surface area contributed by atoms with E-state index in [2.05, 4.69) is 6.92 Å². The van der Waals surface area contributed by atoms with Gasteiger partial charge >= 0.3 is 5.97 Å². The third kappa shape index (κ3) is 7.75. The fourth-order valence-electron chi connectivity index (χ4n) is 3.20. The molecule has 30 heavy (non-hydrogen) atoms. The molecule has 6 heteroatoms. The Labute approximate surface area is 182 Å². The van der Waals surface area contributed by atoms with Gasteiger partial charge in [-0.2, -0.15) is 0 Å². The number of carboxylic acids is 1. The number of carbonyl (C=O) groups is 2. The summed E-state index contributed by atoms with van der Waals surface area (Å²) in [6.45, 7) is 2.73. The average molecular weight is 432 g/mol. The van der Waals surface area contributed by atoms with Gasteiger partial charge in [-0.15, -0.1) is 11.3 Å². The van der Waals surface area contributed by atoms with Gasteiger partial charge in [0, 0.05) is 36.5 Å². The molecule has 1 amide bonds. The lowest BCUT2D eigenvalue weighted by atomic mass is 10.1. The number of benzene rings is 1. The summed E-state index contributed by atoms with van der Waals surface area (Å²) in [5.41, 5.74) is 1.99. The number of hydrogen-bond donors (Lipinski definition) is 1. The van der Waals surface area contributed by atoms with Crippen LogP contribution < -0.4 is 0 Å². The van der Waals surface area contributed by atoms with Crippen molar-refractivity contribution in [3.05, 3.63) is 52.7 Å². The molecule has 1 aromatic carbocycles. The van der Waals surface area contributed by atoms with Gasteiger partial charge in [0.1, 0.15) is 5.82 Å². The molecule has 0 fully saturated rings. The quantitative estimate of drug-likeness (QED) is 0.314. The summed E-state index contributed by atoms with van der Waals surface area (Å²) < 4.78 is 14.2. The van der Waals surface area contributed by atoms with Crippen molar-refractivity contribution in [3.8, 4) is 10.4 Å². The maximum absolute atomic E-state index is 14.2. The SMILES string of the molecule is CCCCCCCCC(=O)N(C)Cc1csc(-c2ccc(C=CC(=O)O)c(F)c2)c1. The molecule has 0 radical (unpaired) electrons. The van der Waals surface area contributed by atoms with E-state index in [9.17, 15) is 14.0 Å². The molecule has 0 aliphatic heterocycles. The van der Waals surface area contributed by atoms with Crippen molar-refractivity contribution in [3.63, 3.8) is 0 Å². The maximum Gasteiger partial charge on any atom is 0.328 e. The zero-order valence-corrected chi connectivity index (χ0v) is 18.5. The molecule has 0 aliphatic carbocycles. The number of carboxylic acid groups (broad SMARTS) is 1. The third-order valence-electron chi connectivity index (χ3n) is 4.93. The van der Waals surface area contributed by atoms with E-state index in [4.69, 9.17) is 5.11 Å². The Bertz CT molecular complexity index is 875. The molecule has 0 saturated carbocycles. The van der Waals surface area contributed by atoms with Crippen LogP contribution in [-0.2, 0) is 16.1 Å². The van der Waals surface area contributed by atoms with Crippen LogP contribution in [-0.4, -0.2) is 28.9 Å². The third-order valence-corrected chi connectivity index (χ3v) is 5.96. The number of hydrogen-bond acceptors (Lipinski definition) is 3. The van der Waals surface area contributed by atoms with Crippen molar-refractivity contribution in [2.45, 2.75) is 58.4 Å². The largest absolute Gasteiger partial charge is 0.478 e. The molecule has 1 aromatic heterocycles. The predicted molar refractivity (Wildman–Crippen MR) is 121 cm³/mol. The summed E-state index contributed by atoms with van der Waals surface area (Å²) in [5.74, 6) is -1.43.